The largest absolute Gasteiger partial charge is 0.361 e. The first kappa shape index (κ1) is 16.3. The molecule has 3 heterocycles. The second-order valence-corrected chi connectivity index (χ2v) is 7.93. The molecule has 132 valence electrons. The van der Waals surface area contributed by atoms with Crippen LogP contribution in [-0.4, -0.2) is 40.0 Å². The summed E-state index contributed by atoms with van der Waals surface area (Å²) in [5.41, 5.74) is 1.88. The van der Waals surface area contributed by atoms with E-state index in [0.29, 0.717) is 11.7 Å². The smallest absolute Gasteiger partial charge is 0.315 e. The number of H-pyrrole nitrogens is 1. The lowest BCUT2D eigenvalue weighted by Crippen LogP contribution is -2.36. The number of aromatic nitrogens is 1. The zero-order valence-electron chi connectivity index (χ0n) is 13.9. The van der Waals surface area contributed by atoms with Gasteiger partial charge in [0.2, 0.25) is 5.91 Å². The molecule has 0 spiro atoms. The van der Waals surface area contributed by atoms with Crippen LogP contribution in [0.2, 0.25) is 0 Å². The number of unbranched alkanes of at least 4 members (excludes halogenated alkanes) is 1. The number of aromatic amines is 1. The van der Waals surface area contributed by atoms with Crippen molar-refractivity contribution >= 4 is 40.3 Å². The van der Waals surface area contributed by atoms with Crippen LogP contribution in [0.1, 0.15) is 25.7 Å². The Labute approximate surface area is 150 Å². The molecule has 0 bridgehead atoms. The zero-order chi connectivity index (χ0) is 17.2. The van der Waals surface area contributed by atoms with Crippen molar-refractivity contribution in [3.63, 3.8) is 0 Å². The Morgan fingerprint density at radius 2 is 2.16 bits per heavy atom. The molecular formula is C18H22N4O2S. The number of rotatable bonds is 6. The number of carbonyl (C=O) groups is 2. The molecule has 4 rings (SSSR count). The number of hydrogen-bond acceptors (Lipinski definition) is 3. The van der Waals surface area contributed by atoms with E-state index in [0.717, 1.165) is 41.6 Å². The highest BCUT2D eigenvalue weighted by atomic mass is 32.2. The second-order valence-electron chi connectivity index (χ2n) is 6.66. The molecule has 3 atom stereocenters. The minimum absolute atomic E-state index is 0.0430. The van der Waals surface area contributed by atoms with Crippen LogP contribution >= 0.6 is 11.8 Å². The number of carbonyl (C=O) groups excluding carboxylic acids is 2. The van der Waals surface area contributed by atoms with Crippen LogP contribution in [0.4, 0.5) is 10.5 Å². The molecule has 2 aliphatic rings. The van der Waals surface area contributed by atoms with E-state index in [-0.39, 0.29) is 24.0 Å². The molecule has 1 aromatic carbocycles. The van der Waals surface area contributed by atoms with Gasteiger partial charge in [0.25, 0.3) is 0 Å². The van der Waals surface area contributed by atoms with Gasteiger partial charge in [-0.25, -0.2) is 4.79 Å². The second kappa shape index (κ2) is 7.00. The average Bonchev–Trinajstić information content (AvgIpc) is 3.28. The first-order chi connectivity index (χ1) is 12.2. The number of thioether (sulfide) groups is 1. The summed E-state index contributed by atoms with van der Waals surface area (Å²) in [7, 11) is 0. The molecule has 0 aliphatic carbocycles. The van der Waals surface area contributed by atoms with E-state index in [1.807, 2.05) is 42.2 Å². The highest BCUT2D eigenvalue weighted by Crippen LogP contribution is 2.33. The Morgan fingerprint density at radius 1 is 1.24 bits per heavy atom. The number of nitrogens with one attached hydrogen (secondary N) is 4. The van der Waals surface area contributed by atoms with Gasteiger partial charge < -0.3 is 20.9 Å². The lowest BCUT2D eigenvalue weighted by molar-refractivity contribution is -0.116. The van der Waals surface area contributed by atoms with Gasteiger partial charge in [0.1, 0.15) is 0 Å². The molecular weight excluding hydrogens is 336 g/mol. The van der Waals surface area contributed by atoms with Gasteiger partial charge in [-0.1, -0.05) is 12.5 Å². The first-order valence-electron chi connectivity index (χ1n) is 8.75. The third kappa shape index (κ3) is 3.46. The summed E-state index contributed by atoms with van der Waals surface area (Å²) in [4.78, 5) is 26.7. The Balaban J connectivity index is 1.22. The number of fused-ring (bicyclic) bond motifs is 2. The van der Waals surface area contributed by atoms with Gasteiger partial charge in [-0.05, 0) is 31.0 Å². The molecule has 0 saturated carbocycles. The average molecular weight is 358 g/mol. The van der Waals surface area contributed by atoms with Gasteiger partial charge in [-0.2, -0.15) is 11.8 Å². The number of benzene rings is 1. The van der Waals surface area contributed by atoms with Gasteiger partial charge in [0, 0.05) is 34.5 Å². The fraction of sp³-hybridized carbons (Fsp3) is 0.444. The van der Waals surface area contributed by atoms with Crippen LogP contribution in [0.5, 0.6) is 0 Å². The van der Waals surface area contributed by atoms with Crippen LogP contribution in [-0.2, 0) is 4.79 Å². The molecule has 3 amide bonds. The normalized spacial score (nSPS) is 24.8. The fourth-order valence-electron chi connectivity index (χ4n) is 3.68. The summed E-state index contributed by atoms with van der Waals surface area (Å²) in [5, 5.41) is 10.5. The van der Waals surface area contributed by atoms with E-state index in [2.05, 4.69) is 20.9 Å². The summed E-state index contributed by atoms with van der Waals surface area (Å²) in [5.74, 6) is 1.04. The van der Waals surface area contributed by atoms with Crippen molar-refractivity contribution in [2.24, 2.45) is 0 Å². The predicted octanol–water partition coefficient (Wildman–Crippen LogP) is 2.83. The molecule has 0 radical (unpaired) electrons. The van der Waals surface area contributed by atoms with Crippen molar-refractivity contribution in [1.29, 1.82) is 0 Å². The Morgan fingerprint density at radius 3 is 3.08 bits per heavy atom. The van der Waals surface area contributed by atoms with Crippen LogP contribution in [0, 0.1) is 0 Å². The van der Waals surface area contributed by atoms with E-state index in [1.54, 1.807) is 0 Å². The maximum Gasteiger partial charge on any atom is 0.315 e. The minimum Gasteiger partial charge on any atom is -0.361 e. The minimum atomic E-state index is -0.0430. The zero-order valence-corrected chi connectivity index (χ0v) is 14.7. The maximum atomic E-state index is 12.2. The van der Waals surface area contributed by atoms with Gasteiger partial charge in [0.05, 0.1) is 17.8 Å². The van der Waals surface area contributed by atoms with E-state index in [9.17, 15) is 9.59 Å². The van der Waals surface area contributed by atoms with Crippen LogP contribution in [0.15, 0.2) is 30.5 Å². The highest BCUT2D eigenvalue weighted by Gasteiger charge is 2.42. The maximum absolute atomic E-state index is 12.2. The topological polar surface area (TPSA) is 86.0 Å². The molecule has 0 unspecified atom stereocenters. The number of anilines is 1. The van der Waals surface area contributed by atoms with Gasteiger partial charge >= 0.3 is 6.03 Å². The van der Waals surface area contributed by atoms with Crippen LogP contribution in [0.25, 0.3) is 10.9 Å². The first-order valence-corrected chi connectivity index (χ1v) is 9.80. The van der Waals surface area contributed by atoms with Crippen molar-refractivity contribution in [3.8, 4) is 0 Å². The van der Waals surface area contributed by atoms with Crippen molar-refractivity contribution < 1.29 is 9.59 Å². The Kier molecular flexibility index (Phi) is 4.57. The quantitative estimate of drug-likeness (QED) is 0.473. The summed E-state index contributed by atoms with van der Waals surface area (Å²) < 4.78 is 0. The summed E-state index contributed by atoms with van der Waals surface area (Å²) in [6, 6.07) is 8.31. The Hall–Kier alpha value is -2.15. The molecule has 2 saturated heterocycles. The third-order valence-electron chi connectivity index (χ3n) is 4.95. The molecule has 4 N–H and O–H groups in total. The molecule has 7 heteroatoms. The Bertz CT molecular complexity index is 790. The summed E-state index contributed by atoms with van der Waals surface area (Å²) in [6.07, 6.45) is 5.30. The van der Waals surface area contributed by atoms with Gasteiger partial charge in [0.15, 0.2) is 0 Å². The molecule has 2 aliphatic heterocycles. The van der Waals surface area contributed by atoms with Crippen molar-refractivity contribution in [3.05, 3.63) is 30.5 Å². The summed E-state index contributed by atoms with van der Waals surface area (Å²) >= 11 is 1.92. The lowest BCUT2D eigenvalue weighted by Gasteiger charge is -2.16. The SMILES string of the molecule is O=C(CCCC[C@@H]1SC[C@@H]2NC(=O)N[C@@H]21)Nc1cccc2[nH]ccc12. The van der Waals surface area contributed by atoms with Crippen molar-refractivity contribution in [2.75, 3.05) is 11.1 Å². The molecule has 6 nitrogen and oxygen atoms in total. The van der Waals surface area contributed by atoms with Crippen molar-refractivity contribution in [1.82, 2.24) is 15.6 Å². The van der Waals surface area contributed by atoms with E-state index >= 15 is 0 Å². The fourth-order valence-corrected chi connectivity index (χ4v) is 5.22. The van der Waals surface area contributed by atoms with Gasteiger partial charge in [-0.15, -0.1) is 0 Å². The number of hydrogen-bond donors (Lipinski definition) is 4. The molecule has 2 fully saturated rings. The summed E-state index contributed by atoms with van der Waals surface area (Å²) in [6.45, 7) is 0. The standard InChI is InChI=1S/C18H22N4O2S/c23-16(20-13-5-3-4-12-11(13)8-9-19-12)7-2-1-6-15-17-14(10-25-15)21-18(24)22-17/h3-5,8-9,14-15,17,19H,1-2,6-7,10H2,(H,20,23)(H2,21,22,24)/t14-,15-,17-/m0/s1. The lowest BCUT2D eigenvalue weighted by atomic mass is 10.0. The van der Waals surface area contributed by atoms with Crippen molar-refractivity contribution in [2.45, 2.75) is 43.0 Å². The number of urea groups is 1. The molecule has 1 aromatic heterocycles. The third-order valence-corrected chi connectivity index (χ3v) is 6.46. The van der Waals surface area contributed by atoms with Gasteiger partial charge in [-0.3, -0.25) is 4.79 Å². The van der Waals surface area contributed by atoms with Crippen LogP contribution in [0.3, 0.4) is 0 Å². The monoisotopic (exact) mass is 358 g/mol. The predicted molar refractivity (Wildman–Crippen MR) is 101 cm³/mol. The molecule has 25 heavy (non-hydrogen) atoms. The van der Waals surface area contributed by atoms with Crippen LogP contribution < -0.4 is 16.0 Å². The highest BCUT2D eigenvalue weighted by molar-refractivity contribution is 8.00. The molecule has 2 aromatic rings. The number of amides is 3. The van der Waals surface area contributed by atoms with E-state index < -0.39 is 0 Å². The van der Waals surface area contributed by atoms with E-state index in [1.165, 1.54) is 0 Å². The van der Waals surface area contributed by atoms with E-state index in [4.69, 9.17) is 0 Å².